The van der Waals surface area contributed by atoms with Crippen molar-refractivity contribution in [3.8, 4) is 5.75 Å². The summed E-state index contributed by atoms with van der Waals surface area (Å²) >= 11 is 0. The second kappa shape index (κ2) is 10.4. The molecule has 1 saturated heterocycles. The quantitative estimate of drug-likeness (QED) is 0.709. The van der Waals surface area contributed by atoms with Gasteiger partial charge in [-0.25, -0.2) is 13.2 Å². The van der Waals surface area contributed by atoms with E-state index in [-0.39, 0.29) is 10.8 Å². The predicted octanol–water partition coefficient (Wildman–Crippen LogP) is 2.80. The highest BCUT2D eigenvalue weighted by Gasteiger charge is 2.23. The Morgan fingerprint density at radius 1 is 0.938 bits per heavy atom. The number of nitrogens with zero attached hydrogens (tertiary/aromatic N) is 2. The molecule has 32 heavy (non-hydrogen) atoms. The first-order chi connectivity index (χ1) is 15.3. The third-order valence-electron chi connectivity index (χ3n) is 5.05. The molecule has 172 valence electrons. The Morgan fingerprint density at radius 3 is 2.19 bits per heavy atom. The lowest BCUT2D eigenvalue weighted by Crippen LogP contribution is -2.37. The highest BCUT2D eigenvalue weighted by molar-refractivity contribution is 7.92. The first kappa shape index (κ1) is 23.4. The van der Waals surface area contributed by atoms with E-state index in [1.165, 1.54) is 19.2 Å². The summed E-state index contributed by atoms with van der Waals surface area (Å²) in [5.74, 6) is 0.426. The van der Waals surface area contributed by atoms with E-state index in [1.807, 2.05) is 6.92 Å². The molecule has 0 spiro atoms. The third-order valence-corrected chi connectivity index (χ3v) is 6.44. The largest absolute Gasteiger partial charge is 0.494 e. The van der Waals surface area contributed by atoms with E-state index in [1.54, 1.807) is 46.2 Å². The zero-order chi connectivity index (χ0) is 23.1. The van der Waals surface area contributed by atoms with E-state index < -0.39 is 16.1 Å². The normalized spacial score (nSPS) is 14.4. The Kier molecular flexibility index (Phi) is 7.57. The molecule has 2 aromatic carbocycles. The molecule has 0 saturated carbocycles. The van der Waals surface area contributed by atoms with Gasteiger partial charge in [-0.05, 0) is 61.9 Å². The fourth-order valence-corrected chi connectivity index (χ4v) is 4.45. The molecule has 1 aliphatic heterocycles. The Hall–Kier alpha value is -3.27. The molecule has 2 aromatic rings. The summed E-state index contributed by atoms with van der Waals surface area (Å²) in [7, 11) is -2.44. The highest BCUT2D eigenvalue weighted by atomic mass is 32.2. The van der Waals surface area contributed by atoms with Gasteiger partial charge in [-0.3, -0.25) is 9.52 Å². The maximum Gasteiger partial charge on any atom is 0.409 e. The number of sulfonamides is 1. The van der Waals surface area contributed by atoms with E-state index in [0.717, 1.165) is 0 Å². The maximum atomic E-state index is 12.8. The molecule has 1 aliphatic rings. The maximum absolute atomic E-state index is 12.8. The van der Waals surface area contributed by atoms with Crippen molar-refractivity contribution in [3.63, 3.8) is 0 Å². The van der Waals surface area contributed by atoms with Crippen molar-refractivity contribution in [2.24, 2.45) is 0 Å². The monoisotopic (exact) mass is 461 g/mol. The predicted molar refractivity (Wildman–Crippen MR) is 119 cm³/mol. The summed E-state index contributed by atoms with van der Waals surface area (Å²) in [6.07, 6.45) is 0.254. The number of rotatable bonds is 6. The van der Waals surface area contributed by atoms with Crippen LogP contribution in [-0.2, 0) is 14.8 Å². The van der Waals surface area contributed by atoms with Crippen LogP contribution in [0, 0.1) is 0 Å². The average Bonchev–Trinajstić information content (AvgIpc) is 3.05. The van der Waals surface area contributed by atoms with Crippen molar-refractivity contribution in [2.45, 2.75) is 18.2 Å². The van der Waals surface area contributed by atoms with Crippen molar-refractivity contribution < 1.29 is 27.5 Å². The van der Waals surface area contributed by atoms with Gasteiger partial charge >= 0.3 is 6.09 Å². The number of ether oxygens (including phenoxy) is 2. The Balaban J connectivity index is 1.64. The van der Waals surface area contributed by atoms with Crippen LogP contribution in [-0.4, -0.2) is 70.1 Å². The van der Waals surface area contributed by atoms with Crippen LogP contribution in [0.5, 0.6) is 5.75 Å². The van der Waals surface area contributed by atoms with Crippen molar-refractivity contribution >= 4 is 27.7 Å². The third kappa shape index (κ3) is 5.70. The van der Waals surface area contributed by atoms with Crippen LogP contribution in [0.4, 0.5) is 10.5 Å². The average molecular weight is 462 g/mol. The van der Waals surface area contributed by atoms with Crippen LogP contribution >= 0.6 is 0 Å². The summed E-state index contributed by atoms with van der Waals surface area (Å²) < 4.78 is 37.8. The minimum atomic E-state index is -3.77. The lowest BCUT2D eigenvalue weighted by Gasteiger charge is -2.21. The van der Waals surface area contributed by atoms with Crippen LogP contribution in [0.15, 0.2) is 53.4 Å². The van der Waals surface area contributed by atoms with E-state index in [0.29, 0.717) is 56.2 Å². The summed E-state index contributed by atoms with van der Waals surface area (Å²) in [4.78, 5) is 27.9. The van der Waals surface area contributed by atoms with Crippen molar-refractivity contribution in [2.75, 3.05) is 44.6 Å². The van der Waals surface area contributed by atoms with Gasteiger partial charge in [0.05, 0.1) is 18.6 Å². The van der Waals surface area contributed by atoms with Gasteiger partial charge in [-0.15, -0.1) is 0 Å². The van der Waals surface area contributed by atoms with Gasteiger partial charge in [-0.1, -0.05) is 0 Å². The Bertz CT molecular complexity index is 1040. The van der Waals surface area contributed by atoms with Crippen LogP contribution in [0.3, 0.4) is 0 Å². The summed E-state index contributed by atoms with van der Waals surface area (Å²) in [5, 5.41) is 0. The molecule has 3 rings (SSSR count). The zero-order valence-corrected chi connectivity index (χ0v) is 18.9. The lowest BCUT2D eigenvalue weighted by molar-refractivity contribution is 0.0757. The molecule has 1 fully saturated rings. The lowest BCUT2D eigenvalue weighted by atomic mass is 10.2. The molecule has 2 amide bonds. The van der Waals surface area contributed by atoms with Crippen LogP contribution in [0.25, 0.3) is 0 Å². The van der Waals surface area contributed by atoms with Crippen molar-refractivity contribution in [3.05, 3.63) is 54.1 Å². The van der Waals surface area contributed by atoms with E-state index in [4.69, 9.17) is 9.47 Å². The summed E-state index contributed by atoms with van der Waals surface area (Å²) in [6, 6.07) is 12.4. The highest BCUT2D eigenvalue weighted by Crippen LogP contribution is 2.20. The molecule has 1 N–H and O–H groups in total. The summed E-state index contributed by atoms with van der Waals surface area (Å²) in [5.41, 5.74) is 0.795. The first-order valence-corrected chi connectivity index (χ1v) is 11.8. The SMILES string of the molecule is CCOc1ccc(S(=O)(=O)Nc2ccc(C(=O)N3CCCN(C(=O)OC)CC3)cc2)cc1. The number of methoxy groups -OCH3 is 1. The molecule has 0 aromatic heterocycles. The van der Waals surface area contributed by atoms with Crippen LogP contribution in [0.2, 0.25) is 0 Å². The molecule has 0 unspecified atom stereocenters. The minimum absolute atomic E-state index is 0.112. The molecule has 0 atom stereocenters. The second-order valence-electron chi connectivity index (χ2n) is 7.19. The van der Waals surface area contributed by atoms with E-state index >= 15 is 0 Å². The van der Waals surface area contributed by atoms with Gasteiger partial charge in [0, 0.05) is 37.4 Å². The molecule has 0 bridgehead atoms. The number of nitrogens with one attached hydrogen (secondary N) is 1. The minimum Gasteiger partial charge on any atom is -0.494 e. The number of benzene rings is 2. The number of carbonyl (C=O) groups is 2. The van der Waals surface area contributed by atoms with Gasteiger partial charge in [0.25, 0.3) is 15.9 Å². The number of carbonyl (C=O) groups excluding carboxylic acids is 2. The first-order valence-electron chi connectivity index (χ1n) is 10.3. The molecule has 0 radical (unpaired) electrons. The molecule has 0 aliphatic carbocycles. The number of amides is 2. The van der Waals surface area contributed by atoms with Gasteiger partial charge in [0.15, 0.2) is 0 Å². The van der Waals surface area contributed by atoms with Crippen molar-refractivity contribution in [1.29, 1.82) is 0 Å². The van der Waals surface area contributed by atoms with Crippen LogP contribution in [0.1, 0.15) is 23.7 Å². The number of anilines is 1. The van der Waals surface area contributed by atoms with E-state index in [2.05, 4.69) is 4.72 Å². The standard InChI is InChI=1S/C22H27N3O6S/c1-3-31-19-9-11-20(12-10-19)32(28,29)23-18-7-5-17(6-8-18)21(26)24-13-4-14-25(16-15-24)22(27)30-2/h5-12,23H,3-4,13-16H2,1-2H3. The summed E-state index contributed by atoms with van der Waals surface area (Å²) in [6.45, 7) is 4.21. The van der Waals surface area contributed by atoms with Gasteiger partial charge in [0.1, 0.15) is 5.75 Å². The molecule has 10 heteroatoms. The smallest absolute Gasteiger partial charge is 0.409 e. The van der Waals surface area contributed by atoms with Gasteiger partial charge in [-0.2, -0.15) is 0 Å². The van der Waals surface area contributed by atoms with E-state index in [9.17, 15) is 18.0 Å². The fourth-order valence-electron chi connectivity index (χ4n) is 3.39. The van der Waals surface area contributed by atoms with Crippen molar-refractivity contribution in [1.82, 2.24) is 9.80 Å². The Labute approximate surface area is 188 Å². The molecular formula is C22H27N3O6S. The second-order valence-corrected chi connectivity index (χ2v) is 8.87. The Morgan fingerprint density at radius 2 is 1.56 bits per heavy atom. The zero-order valence-electron chi connectivity index (χ0n) is 18.1. The molecular weight excluding hydrogens is 434 g/mol. The number of hydrogen-bond acceptors (Lipinski definition) is 6. The molecule has 1 heterocycles. The van der Waals surface area contributed by atoms with Gasteiger partial charge < -0.3 is 19.3 Å². The fraction of sp³-hybridized carbons (Fsp3) is 0.364. The topological polar surface area (TPSA) is 105 Å². The van der Waals surface area contributed by atoms with Gasteiger partial charge in [0.2, 0.25) is 0 Å². The van der Waals surface area contributed by atoms with Crippen LogP contribution < -0.4 is 9.46 Å². The molecule has 9 nitrogen and oxygen atoms in total. The number of hydrogen-bond donors (Lipinski definition) is 1.